The first kappa shape index (κ1) is 5.03. The Morgan fingerprint density at radius 3 is 2.88 bits per heavy atom. The Morgan fingerprint density at radius 2 is 2.62 bits per heavy atom. The molecule has 0 aliphatic carbocycles. The molecule has 0 saturated heterocycles. The van der Waals surface area contributed by atoms with Crippen LogP contribution in [0.3, 0.4) is 0 Å². The lowest BCUT2D eigenvalue weighted by molar-refractivity contribution is -0.111. The van der Waals surface area contributed by atoms with Crippen LogP contribution in [0.25, 0.3) is 0 Å². The van der Waals surface area contributed by atoms with Gasteiger partial charge in [0.05, 0.1) is 6.54 Å². The van der Waals surface area contributed by atoms with Gasteiger partial charge in [0.2, 0.25) is 0 Å². The van der Waals surface area contributed by atoms with Crippen molar-refractivity contribution < 1.29 is 4.79 Å². The molecule has 0 atom stereocenters. The van der Waals surface area contributed by atoms with Crippen molar-refractivity contribution in [1.82, 2.24) is 0 Å². The van der Waals surface area contributed by atoms with Gasteiger partial charge in [0.25, 0.3) is 5.91 Å². The van der Waals surface area contributed by atoms with E-state index in [-0.39, 0.29) is 0 Å². The van der Waals surface area contributed by atoms with Gasteiger partial charge >= 0.3 is 0 Å². The number of aliphatic imine (C=N–C) groups is 1. The summed E-state index contributed by atoms with van der Waals surface area (Å²) in [5.74, 6) is -0.446. The summed E-state index contributed by atoms with van der Waals surface area (Å²) in [6.07, 6.45) is 3.42. The molecule has 2 N–H and O–H groups in total. The van der Waals surface area contributed by atoms with Gasteiger partial charge in [0.1, 0.15) is 5.71 Å². The van der Waals surface area contributed by atoms with Crippen molar-refractivity contribution in [3.8, 4) is 0 Å². The molecule has 0 spiro atoms. The molecule has 0 radical (unpaired) electrons. The molecular formula is C5H6N2O. The van der Waals surface area contributed by atoms with Crippen molar-refractivity contribution in [2.75, 3.05) is 6.54 Å². The Bertz CT molecular complexity index is 169. The third-order valence-corrected chi connectivity index (χ3v) is 0.895. The Morgan fingerprint density at radius 1 is 1.88 bits per heavy atom. The van der Waals surface area contributed by atoms with Crippen LogP contribution >= 0.6 is 0 Å². The molecule has 8 heavy (non-hydrogen) atoms. The number of hydrogen-bond acceptors (Lipinski definition) is 2. The number of carbonyl (C=O) groups excluding carboxylic acids is 1. The van der Waals surface area contributed by atoms with Gasteiger partial charge in [-0.2, -0.15) is 0 Å². The maximum absolute atomic E-state index is 10.2. The molecule has 3 heteroatoms. The Balaban J connectivity index is 2.72. The summed E-state index contributed by atoms with van der Waals surface area (Å²) in [5.41, 5.74) is 5.26. The first-order chi connectivity index (χ1) is 3.80. The molecule has 1 amide bonds. The molecule has 1 aliphatic heterocycles. The molecule has 0 fully saturated rings. The van der Waals surface area contributed by atoms with Crippen LogP contribution in [0.15, 0.2) is 17.1 Å². The van der Waals surface area contributed by atoms with Crippen molar-refractivity contribution >= 4 is 11.6 Å². The highest BCUT2D eigenvalue weighted by molar-refractivity contribution is 6.43. The number of primary amides is 1. The quantitative estimate of drug-likeness (QED) is 0.485. The zero-order valence-corrected chi connectivity index (χ0v) is 4.29. The minimum atomic E-state index is -0.446. The van der Waals surface area contributed by atoms with E-state index in [2.05, 4.69) is 4.99 Å². The molecule has 42 valence electrons. The SMILES string of the molecule is NC(=O)C1=NCC=C1. The highest BCUT2D eigenvalue weighted by atomic mass is 16.1. The maximum atomic E-state index is 10.2. The third kappa shape index (κ3) is 0.753. The zero-order valence-electron chi connectivity index (χ0n) is 4.29. The van der Waals surface area contributed by atoms with Crippen LogP contribution < -0.4 is 5.73 Å². The predicted molar refractivity (Wildman–Crippen MR) is 30.6 cm³/mol. The highest BCUT2D eigenvalue weighted by Gasteiger charge is 2.03. The lowest BCUT2D eigenvalue weighted by atomic mass is 10.3. The molecule has 0 aromatic heterocycles. The zero-order chi connectivity index (χ0) is 5.98. The summed E-state index contributed by atoms with van der Waals surface area (Å²) < 4.78 is 0. The standard InChI is InChI=1S/C5H6N2O/c6-5(8)4-2-1-3-7-4/h1-2H,3H2,(H2,6,8). The Labute approximate surface area is 46.9 Å². The topological polar surface area (TPSA) is 55.5 Å². The van der Waals surface area contributed by atoms with Crippen LogP contribution in [-0.2, 0) is 4.79 Å². The van der Waals surface area contributed by atoms with E-state index in [0.717, 1.165) is 0 Å². The van der Waals surface area contributed by atoms with Crippen LogP contribution in [0.1, 0.15) is 0 Å². The molecule has 0 unspecified atom stereocenters. The lowest BCUT2D eigenvalue weighted by Gasteiger charge is -1.83. The molecule has 1 heterocycles. The van der Waals surface area contributed by atoms with Gasteiger partial charge in [-0.1, -0.05) is 6.08 Å². The number of rotatable bonds is 1. The number of amides is 1. The lowest BCUT2D eigenvalue weighted by Crippen LogP contribution is -2.19. The fourth-order valence-electron chi connectivity index (χ4n) is 0.528. The summed E-state index contributed by atoms with van der Waals surface area (Å²) in [7, 11) is 0. The average molecular weight is 110 g/mol. The van der Waals surface area contributed by atoms with Crippen molar-refractivity contribution in [2.45, 2.75) is 0 Å². The monoisotopic (exact) mass is 110 g/mol. The van der Waals surface area contributed by atoms with E-state index in [9.17, 15) is 4.79 Å². The average Bonchev–Trinajstić information content (AvgIpc) is 2.12. The molecule has 0 bridgehead atoms. The Kier molecular flexibility index (Phi) is 1.12. The van der Waals surface area contributed by atoms with E-state index in [1.165, 1.54) is 0 Å². The maximum Gasteiger partial charge on any atom is 0.266 e. The highest BCUT2D eigenvalue weighted by Crippen LogP contribution is 1.90. The summed E-state index contributed by atoms with van der Waals surface area (Å²) >= 11 is 0. The molecule has 0 aromatic carbocycles. The van der Waals surface area contributed by atoms with E-state index in [1.54, 1.807) is 12.2 Å². The molecule has 0 aromatic rings. The molecule has 1 rings (SSSR count). The number of hydrogen-bond donors (Lipinski definition) is 1. The van der Waals surface area contributed by atoms with Crippen LogP contribution in [0.5, 0.6) is 0 Å². The van der Waals surface area contributed by atoms with Gasteiger partial charge in [-0.05, 0) is 6.08 Å². The molecule has 0 saturated carbocycles. The molecule has 1 aliphatic rings. The van der Waals surface area contributed by atoms with Crippen molar-refractivity contribution in [3.63, 3.8) is 0 Å². The second-order valence-corrected chi connectivity index (χ2v) is 1.49. The summed E-state index contributed by atoms with van der Waals surface area (Å²) in [4.78, 5) is 14.0. The number of carbonyl (C=O) groups is 1. The van der Waals surface area contributed by atoms with Gasteiger partial charge in [-0.3, -0.25) is 9.79 Å². The van der Waals surface area contributed by atoms with Crippen molar-refractivity contribution in [3.05, 3.63) is 12.2 Å². The minimum Gasteiger partial charge on any atom is -0.364 e. The van der Waals surface area contributed by atoms with E-state index >= 15 is 0 Å². The second kappa shape index (κ2) is 1.78. The number of nitrogens with zero attached hydrogens (tertiary/aromatic N) is 1. The van der Waals surface area contributed by atoms with Crippen LogP contribution in [0.4, 0.5) is 0 Å². The first-order valence-corrected chi connectivity index (χ1v) is 2.31. The summed E-state index contributed by atoms with van der Waals surface area (Å²) in [6, 6.07) is 0. The fourth-order valence-corrected chi connectivity index (χ4v) is 0.528. The number of nitrogens with two attached hydrogens (primary N) is 1. The smallest absolute Gasteiger partial charge is 0.266 e. The van der Waals surface area contributed by atoms with Crippen LogP contribution in [0, 0.1) is 0 Å². The fraction of sp³-hybridized carbons (Fsp3) is 0.200. The normalized spacial score (nSPS) is 16.2. The van der Waals surface area contributed by atoms with Crippen LogP contribution in [-0.4, -0.2) is 18.2 Å². The van der Waals surface area contributed by atoms with Gasteiger partial charge in [-0.25, -0.2) is 0 Å². The van der Waals surface area contributed by atoms with Gasteiger partial charge in [-0.15, -0.1) is 0 Å². The van der Waals surface area contributed by atoms with Gasteiger partial charge < -0.3 is 5.73 Å². The Hall–Kier alpha value is -1.12. The van der Waals surface area contributed by atoms with E-state index in [0.29, 0.717) is 12.3 Å². The van der Waals surface area contributed by atoms with Crippen molar-refractivity contribution in [1.29, 1.82) is 0 Å². The molecular weight excluding hydrogens is 104 g/mol. The van der Waals surface area contributed by atoms with Gasteiger partial charge in [0, 0.05) is 0 Å². The largest absolute Gasteiger partial charge is 0.364 e. The van der Waals surface area contributed by atoms with E-state index < -0.39 is 5.91 Å². The summed E-state index contributed by atoms with van der Waals surface area (Å²) in [5, 5.41) is 0. The van der Waals surface area contributed by atoms with Crippen LogP contribution in [0.2, 0.25) is 0 Å². The van der Waals surface area contributed by atoms with E-state index in [1.807, 2.05) is 0 Å². The van der Waals surface area contributed by atoms with E-state index in [4.69, 9.17) is 5.73 Å². The van der Waals surface area contributed by atoms with Gasteiger partial charge in [0.15, 0.2) is 0 Å². The first-order valence-electron chi connectivity index (χ1n) is 2.31. The summed E-state index contributed by atoms with van der Waals surface area (Å²) in [6.45, 7) is 0.596. The predicted octanol–water partition coefficient (Wildman–Crippen LogP) is -0.518. The third-order valence-electron chi connectivity index (χ3n) is 0.895. The molecule has 3 nitrogen and oxygen atoms in total. The second-order valence-electron chi connectivity index (χ2n) is 1.49. The minimum absolute atomic E-state index is 0.380. The van der Waals surface area contributed by atoms with Crippen molar-refractivity contribution in [2.24, 2.45) is 10.7 Å².